The summed E-state index contributed by atoms with van der Waals surface area (Å²) >= 11 is 5.76. The van der Waals surface area contributed by atoms with Crippen molar-refractivity contribution >= 4 is 28.6 Å². The van der Waals surface area contributed by atoms with Crippen molar-refractivity contribution in [3.8, 4) is 0 Å². The number of fused-ring (bicyclic) bond motifs is 1. The van der Waals surface area contributed by atoms with E-state index in [-0.39, 0.29) is 11.1 Å². The number of hydrogen-bond donors (Lipinski definition) is 3. The summed E-state index contributed by atoms with van der Waals surface area (Å²) in [5.74, 6) is -1.11. The van der Waals surface area contributed by atoms with Crippen LogP contribution in [0.3, 0.4) is 0 Å². The van der Waals surface area contributed by atoms with Crippen molar-refractivity contribution in [3.05, 3.63) is 33.2 Å². The normalized spacial score (nSPS) is 10.6. The van der Waals surface area contributed by atoms with E-state index in [2.05, 4.69) is 9.97 Å². The van der Waals surface area contributed by atoms with E-state index in [0.717, 1.165) is 0 Å². The Morgan fingerprint density at radius 1 is 1.29 bits per heavy atom. The first-order valence-corrected chi connectivity index (χ1v) is 4.11. The van der Waals surface area contributed by atoms with Crippen molar-refractivity contribution in [2.45, 2.75) is 0 Å². The number of halogens is 1. The summed E-state index contributed by atoms with van der Waals surface area (Å²) in [6.45, 7) is 0. The third kappa shape index (κ3) is 1.18. The molecule has 3 N–H and O–H groups in total. The van der Waals surface area contributed by atoms with E-state index in [4.69, 9.17) is 16.7 Å². The molecule has 6 heteroatoms. The highest BCUT2D eigenvalue weighted by atomic mass is 35.5. The highest BCUT2D eigenvalue weighted by molar-refractivity contribution is 6.35. The van der Waals surface area contributed by atoms with Gasteiger partial charge in [-0.3, -0.25) is 0 Å². The smallest absolute Gasteiger partial charge is 0.337 e. The molecule has 0 amide bonds. The fourth-order valence-corrected chi connectivity index (χ4v) is 1.47. The lowest BCUT2D eigenvalue weighted by atomic mass is 10.2. The first kappa shape index (κ1) is 8.83. The molecule has 1 aromatic heterocycles. The van der Waals surface area contributed by atoms with Crippen molar-refractivity contribution in [2.24, 2.45) is 0 Å². The molecule has 0 radical (unpaired) electrons. The molecule has 2 rings (SSSR count). The molecule has 0 bridgehead atoms. The number of nitrogens with one attached hydrogen (secondary N) is 2. The molecule has 0 saturated heterocycles. The van der Waals surface area contributed by atoms with Crippen LogP contribution >= 0.6 is 11.6 Å². The number of aromatic amines is 2. The quantitative estimate of drug-likeness (QED) is 0.664. The van der Waals surface area contributed by atoms with E-state index in [9.17, 15) is 9.59 Å². The SMILES string of the molecule is O=C(O)c1ccc(Cl)c2[nH]c(=O)[nH]c12. The zero-order valence-corrected chi connectivity index (χ0v) is 7.55. The molecule has 0 aliphatic heterocycles. The van der Waals surface area contributed by atoms with Crippen LogP contribution < -0.4 is 5.69 Å². The molecular weight excluding hydrogens is 208 g/mol. The maximum Gasteiger partial charge on any atom is 0.337 e. The van der Waals surface area contributed by atoms with E-state index in [1.54, 1.807) is 0 Å². The van der Waals surface area contributed by atoms with Gasteiger partial charge in [-0.05, 0) is 12.1 Å². The zero-order valence-electron chi connectivity index (χ0n) is 6.80. The van der Waals surface area contributed by atoms with Gasteiger partial charge in [-0.2, -0.15) is 0 Å². The van der Waals surface area contributed by atoms with Gasteiger partial charge in [0.25, 0.3) is 0 Å². The van der Waals surface area contributed by atoms with Crippen molar-refractivity contribution < 1.29 is 9.90 Å². The van der Waals surface area contributed by atoms with Crippen LogP contribution in [0, 0.1) is 0 Å². The Morgan fingerprint density at radius 3 is 2.57 bits per heavy atom. The standard InChI is InChI=1S/C8H5ClN2O3/c9-4-2-1-3(7(12)13)5-6(4)11-8(14)10-5/h1-2H,(H,12,13)(H2,10,11,14). The number of rotatable bonds is 1. The number of carboxylic acid groups (broad SMARTS) is 1. The average molecular weight is 213 g/mol. The highest BCUT2D eigenvalue weighted by Gasteiger charge is 2.12. The first-order valence-electron chi connectivity index (χ1n) is 3.73. The van der Waals surface area contributed by atoms with Gasteiger partial charge < -0.3 is 15.1 Å². The van der Waals surface area contributed by atoms with Gasteiger partial charge in [-0.1, -0.05) is 11.6 Å². The summed E-state index contributed by atoms with van der Waals surface area (Å²) < 4.78 is 0. The number of benzene rings is 1. The minimum absolute atomic E-state index is 0.0164. The van der Waals surface area contributed by atoms with Crippen LogP contribution in [-0.4, -0.2) is 21.0 Å². The van der Waals surface area contributed by atoms with E-state index in [0.29, 0.717) is 10.5 Å². The third-order valence-corrected chi connectivity index (χ3v) is 2.18. The fraction of sp³-hybridized carbons (Fsp3) is 0. The summed E-state index contributed by atoms with van der Waals surface area (Å²) in [4.78, 5) is 26.5. The molecule has 5 nitrogen and oxygen atoms in total. The van der Waals surface area contributed by atoms with Gasteiger partial charge in [-0.15, -0.1) is 0 Å². The fourth-order valence-electron chi connectivity index (χ4n) is 1.27. The molecule has 2 aromatic rings. The largest absolute Gasteiger partial charge is 0.478 e. The lowest BCUT2D eigenvalue weighted by Crippen LogP contribution is -2.01. The number of H-pyrrole nitrogens is 2. The third-order valence-electron chi connectivity index (χ3n) is 1.86. The first-order chi connectivity index (χ1) is 6.59. The van der Waals surface area contributed by atoms with Gasteiger partial charge in [0, 0.05) is 0 Å². The molecule has 0 aliphatic carbocycles. The van der Waals surface area contributed by atoms with Gasteiger partial charge in [0.1, 0.15) is 0 Å². The summed E-state index contributed by atoms with van der Waals surface area (Å²) in [5.41, 5.74) is 0.0740. The summed E-state index contributed by atoms with van der Waals surface area (Å²) in [7, 11) is 0. The second-order valence-electron chi connectivity index (χ2n) is 2.73. The monoisotopic (exact) mass is 212 g/mol. The molecule has 1 aromatic carbocycles. The Hall–Kier alpha value is -1.75. The van der Waals surface area contributed by atoms with Crippen molar-refractivity contribution in [2.75, 3.05) is 0 Å². The van der Waals surface area contributed by atoms with Crippen LogP contribution in [0.15, 0.2) is 16.9 Å². The molecule has 0 saturated carbocycles. The van der Waals surface area contributed by atoms with E-state index < -0.39 is 11.7 Å². The topological polar surface area (TPSA) is 85.9 Å². The van der Waals surface area contributed by atoms with Crippen molar-refractivity contribution in [1.82, 2.24) is 9.97 Å². The minimum Gasteiger partial charge on any atom is -0.478 e. The Balaban J connectivity index is 2.94. The maximum atomic E-state index is 11.0. The molecule has 1 heterocycles. The second kappa shape index (κ2) is 2.88. The van der Waals surface area contributed by atoms with Gasteiger partial charge in [0.15, 0.2) is 0 Å². The van der Waals surface area contributed by atoms with Crippen LogP contribution in [0.25, 0.3) is 11.0 Å². The van der Waals surface area contributed by atoms with E-state index >= 15 is 0 Å². The molecule has 0 aliphatic rings. The number of hydrogen-bond acceptors (Lipinski definition) is 2. The number of imidazole rings is 1. The van der Waals surface area contributed by atoms with E-state index in [1.165, 1.54) is 12.1 Å². The molecule has 0 unspecified atom stereocenters. The van der Waals surface area contributed by atoms with Crippen LogP contribution in [0.4, 0.5) is 0 Å². The summed E-state index contributed by atoms with van der Waals surface area (Å²) in [6, 6.07) is 2.77. The average Bonchev–Trinajstić information content (AvgIpc) is 2.47. The van der Waals surface area contributed by atoms with Gasteiger partial charge >= 0.3 is 11.7 Å². The maximum absolute atomic E-state index is 11.0. The number of aromatic carboxylic acids is 1. The van der Waals surface area contributed by atoms with Crippen molar-refractivity contribution in [1.29, 1.82) is 0 Å². The van der Waals surface area contributed by atoms with Crippen LogP contribution in [0.2, 0.25) is 5.02 Å². The molecule has 14 heavy (non-hydrogen) atoms. The lowest BCUT2D eigenvalue weighted by molar-refractivity contribution is 0.0699. The Labute approximate surface area is 82.3 Å². The Kier molecular flexibility index (Phi) is 1.82. The predicted octanol–water partition coefficient (Wildman–Crippen LogP) is 1.21. The molecular formula is C8H5ClN2O3. The molecule has 0 atom stereocenters. The van der Waals surface area contributed by atoms with Crippen LogP contribution in [0.5, 0.6) is 0 Å². The lowest BCUT2D eigenvalue weighted by Gasteiger charge is -1.97. The molecule has 0 fully saturated rings. The summed E-state index contributed by atoms with van der Waals surface area (Å²) in [6.07, 6.45) is 0. The predicted molar refractivity (Wildman–Crippen MR) is 50.9 cm³/mol. The zero-order chi connectivity index (χ0) is 10.3. The molecule has 0 spiro atoms. The van der Waals surface area contributed by atoms with Crippen LogP contribution in [-0.2, 0) is 0 Å². The number of carbonyl (C=O) groups is 1. The molecule has 72 valence electrons. The Bertz CT molecular complexity index is 569. The van der Waals surface area contributed by atoms with Crippen molar-refractivity contribution in [3.63, 3.8) is 0 Å². The number of aromatic nitrogens is 2. The highest BCUT2D eigenvalue weighted by Crippen LogP contribution is 2.22. The van der Waals surface area contributed by atoms with Gasteiger partial charge in [0.2, 0.25) is 0 Å². The van der Waals surface area contributed by atoms with E-state index in [1.807, 2.05) is 0 Å². The summed E-state index contributed by atoms with van der Waals surface area (Å²) in [5, 5.41) is 9.11. The van der Waals surface area contributed by atoms with Gasteiger partial charge in [0.05, 0.1) is 21.6 Å². The Morgan fingerprint density at radius 2 is 1.93 bits per heavy atom. The van der Waals surface area contributed by atoms with Gasteiger partial charge in [-0.25, -0.2) is 9.59 Å². The van der Waals surface area contributed by atoms with Crippen LogP contribution in [0.1, 0.15) is 10.4 Å². The second-order valence-corrected chi connectivity index (χ2v) is 3.14. The minimum atomic E-state index is -1.11. The number of carboxylic acids is 1.